The van der Waals surface area contributed by atoms with Crippen molar-refractivity contribution >= 4 is 17.5 Å². The highest BCUT2D eigenvalue weighted by Crippen LogP contribution is 2.32. The van der Waals surface area contributed by atoms with Crippen LogP contribution in [0.1, 0.15) is 61.3 Å². The topological polar surface area (TPSA) is 144 Å². The van der Waals surface area contributed by atoms with Crippen LogP contribution in [0.4, 0.5) is 0 Å². The first-order valence-corrected chi connectivity index (χ1v) is 13.6. The van der Waals surface area contributed by atoms with Crippen LogP contribution in [0, 0.1) is 23.7 Å². The third-order valence-electron chi connectivity index (χ3n) is 8.01. The van der Waals surface area contributed by atoms with Gasteiger partial charge in [-0.25, -0.2) is 0 Å². The molecule has 0 unspecified atom stereocenters. The van der Waals surface area contributed by atoms with Gasteiger partial charge < -0.3 is 34.4 Å². The molecule has 0 bridgehead atoms. The first-order valence-electron chi connectivity index (χ1n) is 13.6. The number of hydrogen-bond acceptors (Lipinski definition) is 9. The highest BCUT2D eigenvalue weighted by molar-refractivity contribution is 6.00. The van der Waals surface area contributed by atoms with Crippen LogP contribution >= 0.6 is 0 Å². The van der Waals surface area contributed by atoms with Gasteiger partial charge in [0, 0.05) is 18.3 Å². The predicted octanol–water partition coefficient (Wildman–Crippen LogP) is 0.0666. The molecule has 0 aliphatic carbocycles. The SMILES string of the molecule is C[C@H]1C(=O)O[C@H]([C@@H](C)O)[C@@](C)(O)/C=C/C(=O)[C@H](C)C[C@H](C)[C@H](O[C@@H]2O[C@H](C)C[C@H]([NH+](C)C)[C@H]2O)[C@@H](C)C1=O. The molecule has 38 heavy (non-hydrogen) atoms. The number of quaternary nitrogens is 1. The number of ketones is 2. The molecule has 0 amide bonds. The lowest BCUT2D eigenvalue weighted by Gasteiger charge is -2.42. The normalized spacial score (nSPS) is 43.9. The second-order valence-electron chi connectivity index (χ2n) is 11.9. The first-order chi connectivity index (χ1) is 17.5. The molecule has 2 heterocycles. The van der Waals surface area contributed by atoms with Crippen molar-refractivity contribution in [1.29, 1.82) is 0 Å². The molecule has 2 aliphatic heterocycles. The lowest BCUT2D eigenvalue weighted by molar-refractivity contribution is -0.893. The average Bonchev–Trinajstić information content (AvgIpc) is 2.83. The zero-order valence-electron chi connectivity index (χ0n) is 24.2. The summed E-state index contributed by atoms with van der Waals surface area (Å²) in [5, 5.41) is 32.2. The zero-order valence-corrected chi connectivity index (χ0v) is 24.2. The van der Waals surface area contributed by atoms with E-state index in [2.05, 4.69) is 0 Å². The van der Waals surface area contributed by atoms with Crippen molar-refractivity contribution in [1.82, 2.24) is 0 Å². The highest BCUT2D eigenvalue weighted by atomic mass is 16.7. The number of cyclic esters (lactones) is 1. The fourth-order valence-corrected chi connectivity index (χ4v) is 5.56. The van der Waals surface area contributed by atoms with Crippen molar-refractivity contribution < 1.29 is 48.8 Å². The van der Waals surface area contributed by atoms with E-state index in [1.165, 1.54) is 32.9 Å². The van der Waals surface area contributed by atoms with Gasteiger partial charge >= 0.3 is 5.97 Å². The van der Waals surface area contributed by atoms with E-state index in [9.17, 15) is 29.7 Å². The Labute approximate surface area is 226 Å². The number of ether oxygens (including phenoxy) is 3. The van der Waals surface area contributed by atoms with E-state index in [0.29, 0.717) is 12.8 Å². The second-order valence-corrected chi connectivity index (χ2v) is 11.9. The van der Waals surface area contributed by atoms with E-state index in [4.69, 9.17) is 14.2 Å². The Morgan fingerprint density at radius 1 is 1.11 bits per heavy atom. The third kappa shape index (κ3) is 7.70. The molecule has 0 saturated carbocycles. The Kier molecular flexibility index (Phi) is 11.2. The first kappa shape index (κ1) is 32.5. The summed E-state index contributed by atoms with van der Waals surface area (Å²) in [7, 11) is 3.90. The molecule has 1 saturated heterocycles. The van der Waals surface area contributed by atoms with Crippen molar-refractivity contribution in [3.63, 3.8) is 0 Å². The number of aliphatic hydroxyl groups excluding tert-OH is 2. The fraction of sp³-hybridized carbons (Fsp3) is 0.821. The number of hydrogen-bond donors (Lipinski definition) is 4. The molecule has 12 atom stereocenters. The van der Waals surface area contributed by atoms with Crippen LogP contribution in [0.3, 0.4) is 0 Å². The highest BCUT2D eigenvalue weighted by Gasteiger charge is 2.46. The number of rotatable bonds is 4. The van der Waals surface area contributed by atoms with Gasteiger partial charge in [0.25, 0.3) is 0 Å². The van der Waals surface area contributed by atoms with Crippen molar-refractivity contribution in [2.24, 2.45) is 23.7 Å². The average molecular weight is 543 g/mol. The fourth-order valence-electron chi connectivity index (χ4n) is 5.56. The monoisotopic (exact) mass is 542 g/mol. The quantitative estimate of drug-likeness (QED) is 0.286. The molecule has 1 fully saturated rings. The predicted molar refractivity (Wildman–Crippen MR) is 139 cm³/mol. The summed E-state index contributed by atoms with van der Waals surface area (Å²) in [5.41, 5.74) is -1.84. The number of carbonyl (C=O) groups is 3. The maximum Gasteiger partial charge on any atom is 0.316 e. The van der Waals surface area contributed by atoms with Gasteiger partial charge in [0.15, 0.2) is 30.1 Å². The van der Waals surface area contributed by atoms with Crippen molar-refractivity contribution in [2.75, 3.05) is 14.1 Å². The van der Waals surface area contributed by atoms with E-state index >= 15 is 0 Å². The summed E-state index contributed by atoms with van der Waals surface area (Å²) < 4.78 is 17.7. The standard InChI is InChI=1S/C28H47NO9/c1-14-12-15(2)24(37-27-23(33)20(29(8)9)13-16(3)36-27)17(4)22(32)18(5)26(34)38-25(19(6)30)28(7,35)11-10-21(14)31/h10-11,14-20,23-25,27,30,33,35H,12-13H2,1-9H3/p+1/b11-10+/t14-,15+,16-,17+,18-,19-,20+,23-,24+,25-,27+,28+/m1/s1. The van der Waals surface area contributed by atoms with Gasteiger partial charge in [0.05, 0.1) is 32.4 Å². The number of nitrogens with one attached hydrogen (secondary N) is 1. The Hall–Kier alpha value is -1.69. The lowest BCUT2D eigenvalue weighted by Crippen LogP contribution is -3.12. The maximum atomic E-state index is 13.5. The largest absolute Gasteiger partial charge is 0.456 e. The molecule has 10 nitrogen and oxygen atoms in total. The Balaban J connectivity index is 2.46. The van der Waals surface area contributed by atoms with E-state index in [-0.39, 0.29) is 23.8 Å². The number of Topliss-reactive ketones (excluding diaryl/α,β-unsaturated/α-hetero) is 1. The molecule has 0 aromatic rings. The van der Waals surface area contributed by atoms with Gasteiger partial charge in [-0.05, 0) is 52.2 Å². The van der Waals surface area contributed by atoms with E-state index < -0.39 is 65.8 Å². The van der Waals surface area contributed by atoms with Gasteiger partial charge in [-0.15, -0.1) is 0 Å². The molecular weight excluding hydrogens is 494 g/mol. The van der Waals surface area contributed by atoms with Gasteiger partial charge in [0.1, 0.15) is 17.6 Å². The van der Waals surface area contributed by atoms with Crippen LogP contribution in [0.5, 0.6) is 0 Å². The maximum absolute atomic E-state index is 13.5. The minimum Gasteiger partial charge on any atom is -0.456 e. The van der Waals surface area contributed by atoms with Crippen LogP contribution in [0.25, 0.3) is 0 Å². The lowest BCUT2D eigenvalue weighted by atomic mass is 9.80. The van der Waals surface area contributed by atoms with E-state index in [0.717, 1.165) is 4.90 Å². The smallest absolute Gasteiger partial charge is 0.316 e. The van der Waals surface area contributed by atoms with Crippen LogP contribution < -0.4 is 4.90 Å². The van der Waals surface area contributed by atoms with Gasteiger partial charge in [-0.3, -0.25) is 14.4 Å². The Morgan fingerprint density at radius 3 is 2.26 bits per heavy atom. The van der Waals surface area contributed by atoms with Crippen molar-refractivity contribution in [3.05, 3.63) is 12.2 Å². The van der Waals surface area contributed by atoms with Crippen molar-refractivity contribution in [2.45, 2.75) is 110 Å². The van der Waals surface area contributed by atoms with Crippen LogP contribution in [0.15, 0.2) is 12.2 Å². The number of aliphatic hydroxyl groups is 3. The minimum atomic E-state index is -1.84. The third-order valence-corrected chi connectivity index (χ3v) is 8.01. The summed E-state index contributed by atoms with van der Waals surface area (Å²) in [4.78, 5) is 40.5. The number of esters is 1. The van der Waals surface area contributed by atoms with Crippen molar-refractivity contribution in [3.8, 4) is 0 Å². The molecule has 0 aromatic carbocycles. The van der Waals surface area contributed by atoms with E-state index in [1.807, 2.05) is 27.9 Å². The van der Waals surface area contributed by atoms with Gasteiger partial charge in [0.2, 0.25) is 0 Å². The summed E-state index contributed by atoms with van der Waals surface area (Å²) >= 11 is 0. The van der Waals surface area contributed by atoms with E-state index in [1.54, 1.807) is 13.8 Å². The molecule has 10 heteroatoms. The summed E-state index contributed by atoms with van der Waals surface area (Å²) in [5.74, 6) is -4.43. The molecule has 0 aromatic heterocycles. The second kappa shape index (κ2) is 13.1. The summed E-state index contributed by atoms with van der Waals surface area (Å²) in [6, 6.07) is -0.131. The zero-order chi connectivity index (χ0) is 29.1. The number of allylic oxidation sites excluding steroid dienone is 1. The molecule has 0 radical (unpaired) electrons. The molecule has 218 valence electrons. The van der Waals surface area contributed by atoms with Gasteiger partial charge in [-0.2, -0.15) is 0 Å². The number of likely N-dealkylation sites (N-methyl/N-ethyl adjacent to an activating group) is 1. The summed E-state index contributed by atoms with van der Waals surface area (Å²) in [6.45, 7) is 11.3. The van der Waals surface area contributed by atoms with Crippen LogP contribution in [0.2, 0.25) is 0 Å². The molecular formula is C28H48NO9+. The van der Waals surface area contributed by atoms with Crippen LogP contribution in [-0.4, -0.2) is 95.4 Å². The Morgan fingerprint density at radius 2 is 1.71 bits per heavy atom. The molecule has 4 N–H and O–H groups in total. The Bertz CT molecular complexity index is 870. The molecule has 0 spiro atoms. The minimum absolute atomic E-state index is 0.131. The van der Waals surface area contributed by atoms with Gasteiger partial charge in [-0.1, -0.05) is 20.8 Å². The number of carbonyl (C=O) groups excluding carboxylic acids is 3. The summed E-state index contributed by atoms with van der Waals surface area (Å²) in [6.07, 6.45) is -2.07. The molecule has 2 aliphatic rings. The van der Waals surface area contributed by atoms with Crippen LogP contribution in [-0.2, 0) is 28.6 Å². The molecule has 2 rings (SSSR count).